The standard InChI is InChI=1S/C13H19N3O/c1-10-4-7-15-11(8-10)16-12(17)13(2)5-3-6-14-9-13/h4,7-8,14H,3,5-6,9H2,1-2H3,(H,15,16,17). The van der Waals surface area contributed by atoms with E-state index in [1.807, 2.05) is 26.0 Å². The minimum atomic E-state index is -0.316. The summed E-state index contributed by atoms with van der Waals surface area (Å²) < 4.78 is 0. The van der Waals surface area contributed by atoms with E-state index >= 15 is 0 Å². The quantitative estimate of drug-likeness (QED) is 0.817. The van der Waals surface area contributed by atoms with E-state index in [-0.39, 0.29) is 11.3 Å². The number of nitrogens with one attached hydrogen (secondary N) is 2. The molecule has 4 heteroatoms. The second-order valence-corrected chi connectivity index (χ2v) is 5.01. The molecule has 1 saturated heterocycles. The molecule has 17 heavy (non-hydrogen) atoms. The number of anilines is 1. The Morgan fingerprint density at radius 2 is 2.41 bits per heavy atom. The highest BCUT2D eigenvalue weighted by Crippen LogP contribution is 2.26. The molecule has 1 amide bonds. The van der Waals surface area contributed by atoms with Gasteiger partial charge in [-0.1, -0.05) is 0 Å². The highest BCUT2D eigenvalue weighted by molar-refractivity contribution is 5.94. The molecule has 1 aromatic rings. The van der Waals surface area contributed by atoms with Crippen LogP contribution in [-0.2, 0) is 4.79 Å². The SMILES string of the molecule is Cc1ccnc(NC(=O)C2(C)CCCNC2)c1. The van der Waals surface area contributed by atoms with Gasteiger partial charge < -0.3 is 10.6 Å². The molecule has 0 radical (unpaired) electrons. The van der Waals surface area contributed by atoms with E-state index in [2.05, 4.69) is 15.6 Å². The first kappa shape index (κ1) is 12.0. The van der Waals surface area contributed by atoms with Crippen LogP contribution < -0.4 is 10.6 Å². The number of aryl methyl sites for hydroxylation is 1. The topological polar surface area (TPSA) is 54.0 Å². The maximum absolute atomic E-state index is 12.2. The first-order chi connectivity index (χ1) is 8.10. The fraction of sp³-hybridized carbons (Fsp3) is 0.538. The van der Waals surface area contributed by atoms with Crippen molar-refractivity contribution in [2.24, 2.45) is 5.41 Å². The van der Waals surface area contributed by atoms with E-state index in [1.165, 1.54) is 0 Å². The number of nitrogens with zero attached hydrogens (tertiary/aromatic N) is 1. The third-order valence-electron chi connectivity index (χ3n) is 3.30. The van der Waals surface area contributed by atoms with Crippen molar-refractivity contribution in [2.45, 2.75) is 26.7 Å². The number of pyridine rings is 1. The lowest BCUT2D eigenvalue weighted by Crippen LogP contribution is -2.46. The van der Waals surface area contributed by atoms with E-state index in [0.717, 1.165) is 31.5 Å². The van der Waals surface area contributed by atoms with E-state index < -0.39 is 0 Å². The van der Waals surface area contributed by atoms with Crippen LogP contribution in [0.25, 0.3) is 0 Å². The largest absolute Gasteiger partial charge is 0.316 e. The van der Waals surface area contributed by atoms with Gasteiger partial charge in [0.15, 0.2) is 0 Å². The molecule has 4 nitrogen and oxygen atoms in total. The van der Waals surface area contributed by atoms with Crippen molar-refractivity contribution in [3.63, 3.8) is 0 Å². The Morgan fingerprint density at radius 3 is 3.06 bits per heavy atom. The van der Waals surface area contributed by atoms with Crippen molar-refractivity contribution in [3.8, 4) is 0 Å². The van der Waals surface area contributed by atoms with Gasteiger partial charge in [-0.15, -0.1) is 0 Å². The molecule has 92 valence electrons. The first-order valence-electron chi connectivity index (χ1n) is 6.05. The predicted octanol–water partition coefficient (Wildman–Crippen LogP) is 1.72. The molecule has 0 aromatic carbocycles. The second kappa shape index (κ2) is 4.84. The van der Waals surface area contributed by atoms with Crippen LogP contribution in [0.15, 0.2) is 18.3 Å². The van der Waals surface area contributed by atoms with E-state index in [0.29, 0.717) is 5.82 Å². The molecule has 0 bridgehead atoms. The Balaban J connectivity index is 2.05. The van der Waals surface area contributed by atoms with Gasteiger partial charge in [-0.2, -0.15) is 0 Å². The van der Waals surface area contributed by atoms with Crippen LogP contribution in [0, 0.1) is 12.3 Å². The van der Waals surface area contributed by atoms with Crippen LogP contribution in [-0.4, -0.2) is 24.0 Å². The van der Waals surface area contributed by atoms with Crippen molar-refractivity contribution in [1.82, 2.24) is 10.3 Å². The maximum atomic E-state index is 12.2. The molecule has 2 N–H and O–H groups in total. The summed E-state index contributed by atoms with van der Waals surface area (Å²) in [6.07, 6.45) is 3.69. The van der Waals surface area contributed by atoms with Crippen LogP contribution in [0.5, 0.6) is 0 Å². The summed E-state index contributed by atoms with van der Waals surface area (Å²) in [5.41, 5.74) is 0.783. The Hall–Kier alpha value is -1.42. The predicted molar refractivity (Wildman–Crippen MR) is 67.8 cm³/mol. The van der Waals surface area contributed by atoms with Gasteiger partial charge in [0, 0.05) is 12.7 Å². The maximum Gasteiger partial charge on any atom is 0.232 e. The lowest BCUT2D eigenvalue weighted by molar-refractivity contribution is -0.125. The van der Waals surface area contributed by atoms with Crippen molar-refractivity contribution >= 4 is 11.7 Å². The summed E-state index contributed by atoms with van der Waals surface area (Å²) in [6.45, 7) is 5.74. The highest BCUT2D eigenvalue weighted by atomic mass is 16.2. The summed E-state index contributed by atoms with van der Waals surface area (Å²) in [7, 11) is 0. The average molecular weight is 233 g/mol. The van der Waals surface area contributed by atoms with E-state index in [4.69, 9.17) is 0 Å². The minimum absolute atomic E-state index is 0.0581. The van der Waals surface area contributed by atoms with Gasteiger partial charge >= 0.3 is 0 Å². The summed E-state index contributed by atoms with van der Waals surface area (Å²) in [4.78, 5) is 16.4. The van der Waals surface area contributed by atoms with Gasteiger partial charge in [0.1, 0.15) is 5.82 Å². The molecule has 1 aromatic heterocycles. The molecular formula is C13H19N3O. The van der Waals surface area contributed by atoms with Crippen molar-refractivity contribution < 1.29 is 4.79 Å². The lowest BCUT2D eigenvalue weighted by Gasteiger charge is -2.32. The molecule has 1 fully saturated rings. The number of carbonyl (C=O) groups is 1. The van der Waals surface area contributed by atoms with Gasteiger partial charge in [-0.05, 0) is 50.9 Å². The Labute approximate surface area is 102 Å². The van der Waals surface area contributed by atoms with E-state index in [9.17, 15) is 4.79 Å². The average Bonchev–Trinajstić information content (AvgIpc) is 2.30. The van der Waals surface area contributed by atoms with Crippen molar-refractivity contribution in [3.05, 3.63) is 23.9 Å². The van der Waals surface area contributed by atoms with Gasteiger partial charge in [0.05, 0.1) is 5.41 Å². The van der Waals surface area contributed by atoms with Crippen LogP contribution in [0.4, 0.5) is 5.82 Å². The molecule has 1 unspecified atom stereocenters. The number of hydrogen-bond acceptors (Lipinski definition) is 3. The molecule has 2 heterocycles. The fourth-order valence-electron chi connectivity index (χ4n) is 2.12. The van der Waals surface area contributed by atoms with Gasteiger partial charge in [-0.25, -0.2) is 4.98 Å². The summed E-state index contributed by atoms with van der Waals surface area (Å²) in [5, 5.41) is 6.18. The molecular weight excluding hydrogens is 214 g/mol. The molecule has 0 saturated carbocycles. The summed E-state index contributed by atoms with van der Waals surface area (Å²) in [5.74, 6) is 0.699. The normalized spacial score (nSPS) is 24.4. The molecule has 1 atom stereocenters. The number of aromatic nitrogens is 1. The zero-order valence-electron chi connectivity index (χ0n) is 10.4. The fourth-order valence-corrected chi connectivity index (χ4v) is 2.12. The summed E-state index contributed by atoms with van der Waals surface area (Å²) >= 11 is 0. The highest BCUT2D eigenvalue weighted by Gasteiger charge is 2.34. The first-order valence-corrected chi connectivity index (χ1v) is 6.05. The number of amides is 1. The number of carbonyl (C=O) groups excluding carboxylic acids is 1. The van der Waals surface area contributed by atoms with Crippen LogP contribution >= 0.6 is 0 Å². The number of hydrogen-bond donors (Lipinski definition) is 2. The molecule has 0 aliphatic carbocycles. The zero-order chi connectivity index (χ0) is 12.3. The van der Waals surface area contributed by atoms with Gasteiger partial charge in [-0.3, -0.25) is 4.79 Å². The zero-order valence-corrected chi connectivity index (χ0v) is 10.4. The lowest BCUT2D eigenvalue weighted by atomic mass is 9.82. The van der Waals surface area contributed by atoms with E-state index in [1.54, 1.807) is 6.20 Å². The van der Waals surface area contributed by atoms with Crippen LogP contribution in [0.1, 0.15) is 25.3 Å². The number of piperidine rings is 1. The van der Waals surface area contributed by atoms with Gasteiger partial charge in [0.2, 0.25) is 5.91 Å². The Morgan fingerprint density at radius 1 is 1.59 bits per heavy atom. The third kappa shape index (κ3) is 2.82. The minimum Gasteiger partial charge on any atom is -0.316 e. The third-order valence-corrected chi connectivity index (χ3v) is 3.30. The smallest absolute Gasteiger partial charge is 0.232 e. The number of rotatable bonds is 2. The Bertz CT molecular complexity index is 411. The monoisotopic (exact) mass is 233 g/mol. The Kier molecular flexibility index (Phi) is 3.43. The van der Waals surface area contributed by atoms with Gasteiger partial charge in [0.25, 0.3) is 0 Å². The molecule has 1 aliphatic rings. The molecule has 2 rings (SSSR count). The molecule has 1 aliphatic heterocycles. The van der Waals surface area contributed by atoms with Crippen molar-refractivity contribution in [1.29, 1.82) is 0 Å². The van der Waals surface area contributed by atoms with Crippen molar-refractivity contribution in [2.75, 3.05) is 18.4 Å². The molecule has 0 spiro atoms. The van der Waals surface area contributed by atoms with Crippen LogP contribution in [0.2, 0.25) is 0 Å². The second-order valence-electron chi connectivity index (χ2n) is 5.01. The summed E-state index contributed by atoms with van der Waals surface area (Å²) in [6, 6.07) is 3.80. The van der Waals surface area contributed by atoms with Crippen LogP contribution in [0.3, 0.4) is 0 Å².